The summed E-state index contributed by atoms with van der Waals surface area (Å²) in [5.41, 5.74) is 4.96. The molecule has 0 heterocycles. The van der Waals surface area contributed by atoms with Gasteiger partial charge in [0.1, 0.15) is 36.3 Å². The lowest BCUT2D eigenvalue weighted by atomic mass is 10.1. The molecule has 0 rings (SSSR count). The molecule has 0 aromatic rings. The van der Waals surface area contributed by atoms with Gasteiger partial charge in [0.2, 0.25) is 41.4 Å². The lowest BCUT2D eigenvalue weighted by Gasteiger charge is -2.28. The van der Waals surface area contributed by atoms with Crippen LogP contribution in [0.4, 0.5) is 0 Å². The maximum absolute atomic E-state index is 13.1. The number of aliphatic carboxylic acids is 7. The number of nitrogens with one attached hydrogen (secondary N) is 7. The van der Waals surface area contributed by atoms with E-state index in [1.807, 2.05) is 5.32 Å². The second-order valence-corrected chi connectivity index (χ2v) is 11.6. The molecule has 322 valence electrons. The number of carbonyl (C=O) groups excluding carboxylic acids is 14. The Morgan fingerprint density at radius 2 is 0.483 bits per heavy atom. The Balaban J connectivity index is 6.46. The fraction of sp³-hybridized carbons (Fsp3) is 0.517. The number of hydrogen-bond donors (Lipinski definition) is 8. The monoisotopic (exact) mass is 829 g/mol. The van der Waals surface area contributed by atoms with Crippen molar-refractivity contribution < 1.29 is 103 Å². The van der Waals surface area contributed by atoms with Gasteiger partial charge in [-0.2, -0.15) is 0 Å². The molecule has 0 aromatic carbocycles. The number of carboxylic acids is 7. The van der Waals surface area contributed by atoms with Gasteiger partial charge in [0.15, 0.2) is 0 Å². The minimum atomic E-state index is -2.47. The molecule has 29 heteroatoms. The Morgan fingerprint density at radius 1 is 0.328 bits per heavy atom. The molecule has 0 aliphatic carbocycles. The summed E-state index contributed by atoms with van der Waals surface area (Å²) in [6.45, 7) is 0. The third-order valence-electron chi connectivity index (χ3n) is 7.09. The van der Waals surface area contributed by atoms with Gasteiger partial charge >= 0.3 is 0 Å². The molecule has 3 unspecified atom stereocenters. The average molecular weight is 830 g/mol. The predicted molar refractivity (Wildman–Crippen MR) is 161 cm³/mol. The van der Waals surface area contributed by atoms with Crippen molar-refractivity contribution in [2.24, 2.45) is 5.73 Å². The summed E-state index contributed by atoms with van der Waals surface area (Å²) >= 11 is 0. The predicted octanol–water partition coefficient (Wildman–Crippen LogP) is -17.1. The van der Waals surface area contributed by atoms with E-state index >= 15 is 0 Å². The Hall–Kier alpha value is -7.46. The molecule has 0 aromatic heterocycles. The molecule has 58 heavy (non-hydrogen) atoms. The lowest BCUT2D eigenvalue weighted by molar-refractivity contribution is -0.307. The highest BCUT2D eigenvalue weighted by molar-refractivity contribution is 6.00. The van der Waals surface area contributed by atoms with E-state index in [0.29, 0.717) is 0 Å². The molecule has 9 N–H and O–H groups in total. The molecular weight excluding hydrogens is 796 g/mol. The van der Waals surface area contributed by atoms with Crippen LogP contribution in [0.15, 0.2) is 0 Å². The van der Waals surface area contributed by atoms with E-state index < -0.39 is 170 Å². The Labute approximate surface area is 323 Å². The standard InChI is InChI=1S/C29H40N8O21/c1-31-10(3-17(40)41)24(53)33-12(5-19(44)45)26(55)35-14(7-21(48)49)28(57)37-15(8-22(50)51)29(58)36-13(6-20(46)47)27(56)34-11(4-18(42)43)25(54)32-9(23(30)52)2-16(38)39/h9-15,31H,2-8H2,1H3,(H2,30,52)(H,32,54)(H,33,53)(H,34,56)(H,35,55)(H,36,58)(H,37,57)(H,38,39)(H,40,41)(H,42,43)(H,44,45)(H,46,47)(H,48,49)(H,50,51)/p-7/t9-,10-,11?,12?,13-,14-,15?/m0/s1. The Kier molecular flexibility index (Phi) is 21.0. The molecule has 0 saturated carbocycles. The number of rotatable bonds is 28. The van der Waals surface area contributed by atoms with Crippen LogP contribution in [0.1, 0.15) is 44.9 Å². The fourth-order valence-electron chi connectivity index (χ4n) is 4.40. The smallest absolute Gasteiger partial charge is 0.243 e. The topological polar surface area (TPSA) is 511 Å². The zero-order valence-corrected chi connectivity index (χ0v) is 29.6. The number of likely N-dealkylation sites (N-methyl/N-ethyl adjacent to an activating group) is 1. The largest absolute Gasteiger partial charge is 0.550 e. The molecule has 0 bridgehead atoms. The van der Waals surface area contributed by atoms with E-state index in [1.54, 1.807) is 26.6 Å². The van der Waals surface area contributed by atoms with Crippen molar-refractivity contribution in [2.45, 2.75) is 87.2 Å². The number of carbonyl (C=O) groups is 14. The lowest BCUT2D eigenvalue weighted by Crippen LogP contribution is -2.62. The van der Waals surface area contributed by atoms with Crippen molar-refractivity contribution in [3.8, 4) is 0 Å². The SMILES string of the molecule is CN[C@@H](CC(=O)[O-])C(=O)NC(CC(=O)[O-])C(=O)N[C@@H](CC(=O)[O-])C(=O)NC(CC(=O)[O-])C(=O)N[C@@H](CC(=O)[O-])C(=O)NC(CC(=O)[O-])C(=O)N[C@@H](CC(=O)[O-])C(N)=O. The van der Waals surface area contributed by atoms with Crippen molar-refractivity contribution in [1.82, 2.24) is 37.2 Å². The maximum Gasteiger partial charge on any atom is 0.243 e. The van der Waals surface area contributed by atoms with Crippen molar-refractivity contribution in [3.63, 3.8) is 0 Å². The van der Waals surface area contributed by atoms with Crippen molar-refractivity contribution >= 4 is 83.1 Å². The Morgan fingerprint density at radius 3 is 0.655 bits per heavy atom. The summed E-state index contributed by atoms with van der Waals surface area (Å²) in [5.74, 6) is -25.6. The molecule has 0 aliphatic rings. The first-order chi connectivity index (χ1) is 26.8. The van der Waals surface area contributed by atoms with E-state index in [9.17, 15) is 103 Å². The first-order valence-corrected chi connectivity index (χ1v) is 15.9. The summed E-state index contributed by atoms with van der Waals surface area (Å²) in [6, 6.07) is -15.5. The number of hydrogen-bond acceptors (Lipinski definition) is 22. The number of primary amides is 1. The number of amides is 7. The van der Waals surface area contributed by atoms with Crippen LogP contribution in [-0.4, -0.2) is 132 Å². The van der Waals surface area contributed by atoms with Crippen molar-refractivity contribution in [2.75, 3.05) is 7.05 Å². The van der Waals surface area contributed by atoms with Crippen LogP contribution in [0.3, 0.4) is 0 Å². The second-order valence-electron chi connectivity index (χ2n) is 11.6. The highest BCUT2D eigenvalue weighted by Gasteiger charge is 2.34. The zero-order chi connectivity index (χ0) is 45.0. The van der Waals surface area contributed by atoms with E-state index in [0.717, 1.165) is 7.05 Å². The van der Waals surface area contributed by atoms with Gasteiger partial charge in [-0.3, -0.25) is 33.6 Å². The fourth-order valence-corrected chi connectivity index (χ4v) is 4.40. The Bertz CT molecular complexity index is 1670. The van der Waals surface area contributed by atoms with Crippen LogP contribution in [0.5, 0.6) is 0 Å². The number of nitrogens with two attached hydrogens (primary N) is 1. The van der Waals surface area contributed by atoms with Crippen LogP contribution in [0.2, 0.25) is 0 Å². The van der Waals surface area contributed by atoms with Gasteiger partial charge in [-0.1, -0.05) is 0 Å². The molecule has 0 spiro atoms. The van der Waals surface area contributed by atoms with Crippen LogP contribution in [0, 0.1) is 0 Å². The summed E-state index contributed by atoms with van der Waals surface area (Å²) in [6.07, 6.45) is -9.65. The second kappa shape index (κ2) is 24.1. The van der Waals surface area contributed by atoms with Crippen molar-refractivity contribution in [1.29, 1.82) is 0 Å². The highest BCUT2D eigenvalue weighted by Crippen LogP contribution is 2.05. The van der Waals surface area contributed by atoms with Gasteiger partial charge in [0, 0.05) is 86.7 Å². The quantitative estimate of drug-likeness (QED) is 0.0363. The zero-order valence-electron chi connectivity index (χ0n) is 29.6. The first-order valence-electron chi connectivity index (χ1n) is 15.9. The van der Waals surface area contributed by atoms with Gasteiger partial charge in [0.05, 0.1) is 6.04 Å². The molecule has 0 aliphatic heterocycles. The normalized spacial score (nSPS) is 14.2. The molecule has 7 atom stereocenters. The third-order valence-corrected chi connectivity index (χ3v) is 7.09. The summed E-state index contributed by atoms with van der Waals surface area (Å²) in [4.78, 5) is 167. The minimum Gasteiger partial charge on any atom is -0.550 e. The summed E-state index contributed by atoms with van der Waals surface area (Å²) in [5, 5.41) is 90.9. The van der Waals surface area contributed by atoms with Crippen LogP contribution >= 0.6 is 0 Å². The molecule has 29 nitrogen and oxygen atoms in total. The average Bonchev–Trinajstić information content (AvgIpc) is 3.07. The number of carboxylic acid groups (broad SMARTS) is 7. The van der Waals surface area contributed by atoms with Crippen LogP contribution < -0.4 is 78.7 Å². The molecule has 0 saturated heterocycles. The molecule has 0 radical (unpaired) electrons. The first kappa shape index (κ1) is 50.5. The van der Waals surface area contributed by atoms with Gasteiger partial charge < -0.3 is 112 Å². The van der Waals surface area contributed by atoms with Gasteiger partial charge in [-0.05, 0) is 7.05 Å². The summed E-state index contributed by atoms with van der Waals surface area (Å²) in [7, 11) is 1.09. The van der Waals surface area contributed by atoms with E-state index in [2.05, 4.69) is 5.32 Å². The van der Waals surface area contributed by atoms with E-state index in [4.69, 9.17) is 5.73 Å². The van der Waals surface area contributed by atoms with Gasteiger partial charge in [0.25, 0.3) is 0 Å². The van der Waals surface area contributed by atoms with Crippen LogP contribution in [-0.2, 0) is 67.1 Å². The minimum absolute atomic E-state index is 0.995. The molecular formula is C29H33N8O21-7. The van der Waals surface area contributed by atoms with Crippen molar-refractivity contribution in [3.05, 3.63) is 0 Å². The van der Waals surface area contributed by atoms with E-state index in [1.165, 1.54) is 0 Å². The van der Waals surface area contributed by atoms with Gasteiger partial charge in [-0.25, -0.2) is 0 Å². The highest BCUT2D eigenvalue weighted by atomic mass is 16.4. The third kappa shape index (κ3) is 19.7. The molecule has 0 fully saturated rings. The summed E-state index contributed by atoms with van der Waals surface area (Å²) < 4.78 is 0. The van der Waals surface area contributed by atoms with E-state index in [-0.39, 0.29) is 0 Å². The van der Waals surface area contributed by atoms with Crippen LogP contribution in [0.25, 0.3) is 0 Å². The van der Waals surface area contributed by atoms with Gasteiger partial charge in [-0.15, -0.1) is 0 Å². The maximum atomic E-state index is 13.1. The molecule has 7 amide bonds.